The van der Waals surface area contributed by atoms with Gasteiger partial charge in [-0.3, -0.25) is 24.5 Å². The summed E-state index contributed by atoms with van der Waals surface area (Å²) in [5.74, 6) is -6.57. The second-order valence-electron chi connectivity index (χ2n) is 11.0. The number of imide groups is 1. The van der Waals surface area contributed by atoms with E-state index >= 15 is 0 Å². The van der Waals surface area contributed by atoms with Crippen molar-refractivity contribution in [1.82, 2.24) is 15.5 Å². The maximum absolute atomic E-state index is 14.9. The molecule has 186 valence electrons. The van der Waals surface area contributed by atoms with Crippen LogP contribution in [0.1, 0.15) is 33.5 Å². The predicted octanol–water partition coefficient (Wildman–Crippen LogP) is -2.66. The zero-order valence-electron chi connectivity index (χ0n) is 21.2. The second-order valence-corrected chi connectivity index (χ2v) is 11.5. The molecule has 2 aromatic rings. The molecule has 0 aromatic heterocycles. The number of carbonyl (C=O) groups is 4. The number of alkyl halides is 2. The number of fused-ring (bicyclic) bond motifs is 1. The molecule has 0 unspecified atom stereocenters. The van der Waals surface area contributed by atoms with Gasteiger partial charge in [0.2, 0.25) is 11.8 Å². The van der Waals surface area contributed by atoms with Crippen molar-refractivity contribution in [3.8, 4) is 0 Å². The first-order valence-corrected chi connectivity index (χ1v) is 12.1. The lowest BCUT2D eigenvalue weighted by Gasteiger charge is -2.46. The van der Waals surface area contributed by atoms with Gasteiger partial charge in [0.1, 0.15) is 39.2 Å². The van der Waals surface area contributed by atoms with E-state index in [2.05, 4.69) is 10.6 Å². The van der Waals surface area contributed by atoms with E-state index < -0.39 is 45.2 Å². The third-order valence-corrected chi connectivity index (χ3v) is 7.51. The van der Waals surface area contributed by atoms with Crippen LogP contribution in [-0.4, -0.2) is 73.2 Å². The van der Waals surface area contributed by atoms with Crippen LogP contribution in [0.5, 0.6) is 0 Å². The number of amides is 4. The van der Waals surface area contributed by atoms with Gasteiger partial charge in [-0.2, -0.15) is 8.78 Å². The van der Waals surface area contributed by atoms with Crippen molar-refractivity contribution in [2.45, 2.75) is 34.9 Å². The Balaban J connectivity index is 1.58. The second kappa shape index (κ2) is 8.79. The first kappa shape index (κ1) is 27.0. The van der Waals surface area contributed by atoms with Crippen LogP contribution in [-0.2, 0) is 32.2 Å². The Morgan fingerprint density at radius 1 is 1.00 bits per heavy atom. The van der Waals surface area contributed by atoms with Crippen molar-refractivity contribution >= 4 is 74.5 Å². The summed E-state index contributed by atoms with van der Waals surface area (Å²) >= 11 is 5.77. The van der Waals surface area contributed by atoms with Gasteiger partial charge in [-0.25, -0.2) is 0 Å². The van der Waals surface area contributed by atoms with Crippen molar-refractivity contribution in [1.29, 1.82) is 0 Å². The largest absolute Gasteiger partial charge is 0.357 e. The molecule has 4 amide bonds. The Morgan fingerprint density at radius 2 is 1.59 bits per heavy atom. The number of piperidine rings is 1. The summed E-state index contributed by atoms with van der Waals surface area (Å²) in [5.41, 5.74) is -0.257. The molecule has 1 atom stereocenters. The molecule has 1 saturated heterocycles. The minimum Gasteiger partial charge on any atom is -0.357 e. The van der Waals surface area contributed by atoms with Gasteiger partial charge in [-0.05, 0) is 41.0 Å². The highest BCUT2D eigenvalue weighted by atomic mass is 35.5. The standard InChI is InChI=1S/C22H23B5ClF2N3O4/c23-19(24)9-20(25,17(36)31-16(19)35)33-8-10-7-12(3-6-14(10)15(33)34)22(26,27)32-18(37)21(29,30)11-1-4-13(28)5-2-11/h1-7H,8-9,23-27H2,(H,32,37)(H,31,35,36)/t20-/m1/s1. The van der Waals surface area contributed by atoms with Gasteiger partial charge in [0.25, 0.3) is 11.8 Å². The summed E-state index contributed by atoms with van der Waals surface area (Å²) in [6.07, 6.45) is 0.151. The molecule has 1 fully saturated rings. The van der Waals surface area contributed by atoms with Crippen molar-refractivity contribution in [2.75, 3.05) is 0 Å². The van der Waals surface area contributed by atoms with E-state index in [1.54, 1.807) is 57.4 Å². The summed E-state index contributed by atoms with van der Waals surface area (Å²) in [6, 6.07) is 9.61. The van der Waals surface area contributed by atoms with Gasteiger partial charge in [0.05, 0.1) is 5.44 Å². The molecule has 2 heterocycles. The monoisotopic (exact) mass is 521 g/mol. The highest BCUT2D eigenvalue weighted by Gasteiger charge is 2.53. The van der Waals surface area contributed by atoms with Gasteiger partial charge < -0.3 is 10.2 Å². The number of hydrogen-bond donors (Lipinski definition) is 2. The Hall–Kier alpha value is -3.01. The number of hydrogen-bond acceptors (Lipinski definition) is 4. The van der Waals surface area contributed by atoms with Gasteiger partial charge >= 0.3 is 5.92 Å². The maximum atomic E-state index is 14.9. The summed E-state index contributed by atoms with van der Waals surface area (Å²) in [5, 5.41) is 2.99. The first-order valence-electron chi connectivity index (χ1n) is 11.8. The lowest BCUT2D eigenvalue weighted by atomic mass is 9.45. The van der Waals surface area contributed by atoms with Crippen LogP contribution in [0.25, 0.3) is 0 Å². The van der Waals surface area contributed by atoms with E-state index in [0.29, 0.717) is 16.7 Å². The molecule has 0 aliphatic carbocycles. The molecule has 0 spiro atoms. The fourth-order valence-corrected chi connectivity index (χ4v) is 5.10. The molecular formula is C22H23B5ClF2N3O4. The number of benzene rings is 2. The third kappa shape index (κ3) is 4.60. The van der Waals surface area contributed by atoms with E-state index in [1.807, 2.05) is 0 Å². The van der Waals surface area contributed by atoms with Crippen LogP contribution in [0, 0.1) is 0 Å². The number of carbonyl (C=O) groups excluding carboxylic acids is 4. The van der Waals surface area contributed by atoms with Crippen LogP contribution in [0.3, 0.4) is 0 Å². The minimum absolute atomic E-state index is 0.0984. The summed E-state index contributed by atoms with van der Waals surface area (Å²) in [7, 11) is 8.23. The molecule has 2 aromatic carbocycles. The first-order chi connectivity index (χ1) is 17.0. The van der Waals surface area contributed by atoms with Gasteiger partial charge in [0, 0.05) is 28.0 Å². The summed E-state index contributed by atoms with van der Waals surface area (Å²) in [6.45, 7) is 0.0984. The lowest BCUT2D eigenvalue weighted by Crippen LogP contribution is -2.67. The van der Waals surface area contributed by atoms with E-state index in [1.165, 1.54) is 17.0 Å². The molecule has 2 N–H and O–H groups in total. The zero-order valence-corrected chi connectivity index (χ0v) is 21.9. The van der Waals surface area contributed by atoms with Crippen molar-refractivity contribution in [2.24, 2.45) is 0 Å². The van der Waals surface area contributed by atoms with Crippen molar-refractivity contribution in [3.63, 3.8) is 0 Å². The summed E-state index contributed by atoms with van der Waals surface area (Å²) < 4.78 is 29.7. The normalized spacial score (nSPS) is 21.4. The van der Waals surface area contributed by atoms with Gasteiger partial charge in [-0.1, -0.05) is 35.9 Å². The molecule has 2 aliphatic rings. The van der Waals surface area contributed by atoms with Crippen molar-refractivity contribution in [3.05, 3.63) is 69.7 Å². The average molecular weight is 521 g/mol. The van der Waals surface area contributed by atoms with Crippen molar-refractivity contribution < 1.29 is 28.0 Å². The van der Waals surface area contributed by atoms with E-state index in [-0.39, 0.29) is 23.9 Å². The average Bonchev–Trinajstić information content (AvgIpc) is 3.14. The molecule has 4 rings (SSSR count). The van der Waals surface area contributed by atoms with Crippen LogP contribution < -0.4 is 10.6 Å². The van der Waals surface area contributed by atoms with Crippen LogP contribution >= 0.6 is 11.6 Å². The van der Waals surface area contributed by atoms with Crippen LogP contribution in [0.4, 0.5) is 8.78 Å². The maximum Gasteiger partial charge on any atom is 0.349 e. The lowest BCUT2D eigenvalue weighted by molar-refractivity contribution is -0.147. The van der Waals surface area contributed by atoms with E-state index in [4.69, 9.17) is 11.6 Å². The molecule has 15 heteroatoms. The Bertz CT molecular complexity index is 1340. The fraction of sp³-hybridized carbons (Fsp3) is 0.273. The fourth-order valence-electron chi connectivity index (χ4n) is 4.98. The highest BCUT2D eigenvalue weighted by Crippen LogP contribution is 2.40. The highest BCUT2D eigenvalue weighted by molar-refractivity contribution is 6.53. The minimum atomic E-state index is -3.79. The van der Waals surface area contributed by atoms with E-state index in [9.17, 15) is 28.0 Å². The molecule has 0 radical (unpaired) electrons. The predicted molar refractivity (Wildman–Crippen MR) is 147 cm³/mol. The SMILES string of the molecule is BC1(B)C[C@@](B)(N2Cc3cc(C(B)(B)NC(=O)C(F)(F)c4ccc(Cl)cc4)ccc3C2=O)C(=O)NC1=O. The number of nitrogens with one attached hydrogen (secondary N) is 2. The quantitative estimate of drug-likeness (QED) is 0.332. The van der Waals surface area contributed by atoms with Gasteiger partial charge in [0.15, 0.2) is 0 Å². The Labute approximate surface area is 222 Å². The van der Waals surface area contributed by atoms with E-state index in [0.717, 1.165) is 12.1 Å². The Kier molecular flexibility index (Phi) is 6.42. The number of rotatable bonds is 5. The molecule has 2 aliphatic heterocycles. The third-order valence-electron chi connectivity index (χ3n) is 7.26. The molecular weight excluding hydrogens is 498 g/mol. The van der Waals surface area contributed by atoms with Crippen LogP contribution in [0.15, 0.2) is 42.5 Å². The summed E-state index contributed by atoms with van der Waals surface area (Å²) in [4.78, 5) is 52.4. The Morgan fingerprint density at radius 3 is 2.22 bits per heavy atom. The van der Waals surface area contributed by atoms with Crippen LogP contribution in [0.2, 0.25) is 10.2 Å². The molecule has 0 saturated carbocycles. The smallest absolute Gasteiger partial charge is 0.349 e. The zero-order chi connectivity index (χ0) is 27.6. The topological polar surface area (TPSA) is 95.6 Å². The molecule has 37 heavy (non-hydrogen) atoms. The molecule has 7 nitrogen and oxygen atoms in total. The van der Waals surface area contributed by atoms with Gasteiger partial charge in [-0.15, -0.1) is 0 Å². The number of nitrogens with zero attached hydrogens (tertiary/aromatic N) is 1. The molecule has 0 bridgehead atoms. The number of halogens is 3.